The highest BCUT2D eigenvalue weighted by Gasteiger charge is 2.21. The third-order valence-electron chi connectivity index (χ3n) is 3.11. The number of hydrogen-bond donors (Lipinski definition) is 1. The van der Waals surface area contributed by atoms with E-state index in [0.717, 1.165) is 0 Å². The van der Waals surface area contributed by atoms with Gasteiger partial charge in [-0.15, -0.1) is 0 Å². The molecule has 1 unspecified atom stereocenters. The maximum absolute atomic E-state index is 11.5. The molecule has 0 fully saturated rings. The number of hydrogen-bond acceptors (Lipinski definition) is 3. The smallest absolute Gasteiger partial charge is 0.311 e. The fourth-order valence-corrected chi connectivity index (χ4v) is 2.30. The highest BCUT2D eigenvalue weighted by molar-refractivity contribution is 6.30. The first-order chi connectivity index (χ1) is 9.97. The molecule has 0 aliphatic rings. The Morgan fingerprint density at radius 1 is 1.24 bits per heavy atom. The number of carboxylic acids is 1. The van der Waals surface area contributed by atoms with E-state index in [0.29, 0.717) is 16.1 Å². The van der Waals surface area contributed by atoms with E-state index in [9.17, 15) is 20.0 Å². The Kier molecular flexibility index (Phi) is 4.55. The zero-order valence-electron chi connectivity index (χ0n) is 10.9. The summed E-state index contributed by atoms with van der Waals surface area (Å²) < 4.78 is 0. The molecule has 0 spiro atoms. The Balaban J connectivity index is 2.31. The van der Waals surface area contributed by atoms with Crippen LogP contribution in [-0.4, -0.2) is 16.0 Å². The molecule has 0 heterocycles. The molecule has 0 saturated carbocycles. The topological polar surface area (TPSA) is 80.4 Å². The number of rotatable bonds is 5. The van der Waals surface area contributed by atoms with Crippen molar-refractivity contribution < 1.29 is 14.8 Å². The molecule has 0 aliphatic heterocycles. The average molecular weight is 306 g/mol. The third-order valence-corrected chi connectivity index (χ3v) is 3.35. The highest BCUT2D eigenvalue weighted by Crippen LogP contribution is 2.25. The fourth-order valence-electron chi connectivity index (χ4n) is 2.10. The van der Waals surface area contributed by atoms with Gasteiger partial charge in [0.1, 0.15) is 0 Å². The molecule has 0 aromatic heterocycles. The molecule has 21 heavy (non-hydrogen) atoms. The van der Waals surface area contributed by atoms with Crippen LogP contribution in [-0.2, 0) is 11.2 Å². The number of nitro benzene ring substituents is 1. The van der Waals surface area contributed by atoms with Crippen molar-refractivity contribution in [1.82, 2.24) is 0 Å². The molecule has 5 nitrogen and oxygen atoms in total. The van der Waals surface area contributed by atoms with E-state index in [1.165, 1.54) is 12.1 Å². The van der Waals surface area contributed by atoms with Crippen molar-refractivity contribution in [3.05, 3.63) is 74.8 Å². The Labute approximate surface area is 125 Å². The molecule has 6 heteroatoms. The summed E-state index contributed by atoms with van der Waals surface area (Å²) >= 11 is 5.88. The standard InChI is InChI=1S/C15H12ClNO4/c16-12-5-2-4-11(9-12)14(15(18)19)8-10-3-1-6-13(7-10)17(20)21/h1-7,9,14H,8H2,(H,18,19). The second-order valence-electron chi connectivity index (χ2n) is 4.58. The second-order valence-corrected chi connectivity index (χ2v) is 5.01. The molecular formula is C15H12ClNO4. The summed E-state index contributed by atoms with van der Waals surface area (Å²) in [5.74, 6) is -1.80. The first-order valence-corrected chi connectivity index (χ1v) is 6.57. The number of carbonyl (C=O) groups is 1. The van der Waals surface area contributed by atoms with Crippen LogP contribution in [0.2, 0.25) is 5.02 Å². The highest BCUT2D eigenvalue weighted by atomic mass is 35.5. The molecule has 108 valence electrons. The van der Waals surface area contributed by atoms with Crippen molar-refractivity contribution in [3.8, 4) is 0 Å². The molecule has 0 bridgehead atoms. The summed E-state index contributed by atoms with van der Waals surface area (Å²) in [6, 6.07) is 12.6. The van der Waals surface area contributed by atoms with Gasteiger partial charge in [-0.2, -0.15) is 0 Å². The van der Waals surface area contributed by atoms with Gasteiger partial charge in [0.15, 0.2) is 0 Å². The van der Waals surface area contributed by atoms with E-state index in [-0.39, 0.29) is 12.1 Å². The van der Waals surface area contributed by atoms with E-state index >= 15 is 0 Å². The maximum atomic E-state index is 11.5. The SMILES string of the molecule is O=C(O)C(Cc1cccc([N+](=O)[O-])c1)c1cccc(Cl)c1. The first-order valence-electron chi connectivity index (χ1n) is 6.19. The van der Waals surface area contributed by atoms with Gasteiger partial charge in [0.05, 0.1) is 10.8 Å². The van der Waals surface area contributed by atoms with Crippen molar-refractivity contribution in [2.45, 2.75) is 12.3 Å². The minimum atomic E-state index is -0.997. The van der Waals surface area contributed by atoms with Crippen LogP contribution in [0.15, 0.2) is 48.5 Å². The predicted molar refractivity (Wildman–Crippen MR) is 78.6 cm³/mol. The van der Waals surface area contributed by atoms with Crippen molar-refractivity contribution >= 4 is 23.3 Å². The maximum Gasteiger partial charge on any atom is 0.311 e. The van der Waals surface area contributed by atoms with Crippen molar-refractivity contribution in [2.75, 3.05) is 0 Å². The molecule has 2 aromatic rings. The summed E-state index contributed by atoms with van der Waals surface area (Å²) in [7, 11) is 0. The lowest BCUT2D eigenvalue weighted by Crippen LogP contribution is -2.14. The largest absolute Gasteiger partial charge is 0.481 e. The molecule has 0 saturated heterocycles. The number of nitro groups is 1. The number of halogens is 1. The van der Waals surface area contributed by atoms with E-state index in [2.05, 4.69) is 0 Å². The molecule has 0 radical (unpaired) electrons. The van der Waals surface area contributed by atoms with Crippen LogP contribution in [0, 0.1) is 10.1 Å². The van der Waals surface area contributed by atoms with Gasteiger partial charge in [-0.25, -0.2) is 0 Å². The zero-order valence-corrected chi connectivity index (χ0v) is 11.7. The second kappa shape index (κ2) is 6.37. The van der Waals surface area contributed by atoms with Crippen molar-refractivity contribution in [1.29, 1.82) is 0 Å². The van der Waals surface area contributed by atoms with E-state index in [1.54, 1.807) is 36.4 Å². The molecule has 2 rings (SSSR count). The van der Waals surface area contributed by atoms with Gasteiger partial charge in [-0.05, 0) is 29.7 Å². The molecule has 1 N–H and O–H groups in total. The van der Waals surface area contributed by atoms with Gasteiger partial charge in [0.25, 0.3) is 5.69 Å². The number of benzene rings is 2. The number of aliphatic carboxylic acids is 1. The molecule has 0 aliphatic carbocycles. The molecule has 1 atom stereocenters. The molecular weight excluding hydrogens is 294 g/mol. The summed E-state index contributed by atoms with van der Waals surface area (Å²) in [4.78, 5) is 21.7. The van der Waals surface area contributed by atoms with Crippen LogP contribution in [0.3, 0.4) is 0 Å². The van der Waals surface area contributed by atoms with Gasteiger partial charge in [-0.1, -0.05) is 35.9 Å². The average Bonchev–Trinajstić information content (AvgIpc) is 2.44. The van der Waals surface area contributed by atoms with Gasteiger partial charge in [-0.3, -0.25) is 14.9 Å². The lowest BCUT2D eigenvalue weighted by molar-refractivity contribution is -0.384. The minimum absolute atomic E-state index is 0.0530. The van der Waals surface area contributed by atoms with Crippen molar-refractivity contribution in [2.24, 2.45) is 0 Å². The Morgan fingerprint density at radius 2 is 1.95 bits per heavy atom. The van der Waals surface area contributed by atoms with Gasteiger partial charge in [0, 0.05) is 17.2 Å². The fraction of sp³-hybridized carbons (Fsp3) is 0.133. The van der Waals surface area contributed by atoms with Crippen LogP contribution >= 0.6 is 11.6 Å². The zero-order chi connectivity index (χ0) is 15.4. The molecule has 0 amide bonds. The van der Waals surface area contributed by atoms with Crippen LogP contribution in [0.5, 0.6) is 0 Å². The summed E-state index contributed by atoms with van der Waals surface area (Å²) in [6.45, 7) is 0. The number of carboxylic acid groups (broad SMARTS) is 1. The van der Waals surface area contributed by atoms with Gasteiger partial charge in [0.2, 0.25) is 0 Å². The van der Waals surface area contributed by atoms with E-state index in [1.807, 2.05) is 0 Å². The van der Waals surface area contributed by atoms with E-state index in [4.69, 9.17) is 11.6 Å². The minimum Gasteiger partial charge on any atom is -0.481 e. The van der Waals surface area contributed by atoms with Crippen LogP contribution in [0.1, 0.15) is 17.0 Å². The Bertz CT molecular complexity index is 687. The third kappa shape index (κ3) is 3.79. The van der Waals surface area contributed by atoms with Crippen molar-refractivity contribution in [3.63, 3.8) is 0 Å². The van der Waals surface area contributed by atoms with Crippen LogP contribution in [0.25, 0.3) is 0 Å². The quantitative estimate of drug-likeness (QED) is 0.675. The van der Waals surface area contributed by atoms with Crippen LogP contribution in [0.4, 0.5) is 5.69 Å². The van der Waals surface area contributed by atoms with Gasteiger partial charge < -0.3 is 5.11 Å². The lowest BCUT2D eigenvalue weighted by Gasteiger charge is -2.13. The Morgan fingerprint density at radius 3 is 2.57 bits per heavy atom. The summed E-state index contributed by atoms with van der Waals surface area (Å²) in [6.07, 6.45) is 0.164. The Hall–Kier alpha value is -2.40. The first kappa shape index (κ1) is 15.0. The number of non-ortho nitro benzene ring substituents is 1. The van der Waals surface area contributed by atoms with Gasteiger partial charge >= 0.3 is 5.97 Å². The predicted octanol–water partition coefficient (Wildman–Crippen LogP) is 3.66. The normalized spacial score (nSPS) is 11.9. The van der Waals surface area contributed by atoms with E-state index < -0.39 is 16.8 Å². The number of nitrogens with zero attached hydrogens (tertiary/aromatic N) is 1. The summed E-state index contributed by atoms with van der Waals surface area (Å²) in [5, 5.41) is 20.6. The monoisotopic (exact) mass is 305 g/mol. The lowest BCUT2D eigenvalue weighted by atomic mass is 9.92. The van der Waals surface area contributed by atoms with Crippen LogP contribution < -0.4 is 0 Å². The molecule has 2 aromatic carbocycles. The summed E-state index contributed by atoms with van der Waals surface area (Å²) in [5.41, 5.74) is 1.11.